The second kappa shape index (κ2) is 17.0. The third kappa shape index (κ3) is 10.1. The Kier molecular flexibility index (Phi) is 12.8. The molecule has 51 heavy (non-hydrogen) atoms. The first-order valence-electron chi connectivity index (χ1n) is 16.7. The van der Waals surface area contributed by atoms with Crippen molar-refractivity contribution in [1.82, 2.24) is 10.6 Å². The Hall–Kier alpha value is -5.45. The smallest absolute Gasteiger partial charge is 0.416 e. The summed E-state index contributed by atoms with van der Waals surface area (Å²) in [5.41, 5.74) is -0.0629. The molecule has 0 heterocycles. The Bertz CT molecular complexity index is 1780. The number of anilines is 1. The second-order valence-electron chi connectivity index (χ2n) is 13.1. The van der Waals surface area contributed by atoms with Crippen molar-refractivity contribution in [3.8, 4) is 11.1 Å². The number of hydrogen-bond acceptors (Lipinski definition) is 5. The van der Waals surface area contributed by atoms with Crippen LogP contribution in [0.3, 0.4) is 0 Å². The van der Waals surface area contributed by atoms with Crippen LogP contribution in [0.1, 0.15) is 54.7 Å². The monoisotopic (exact) mass is 701 g/mol. The van der Waals surface area contributed by atoms with Gasteiger partial charge < -0.3 is 20.7 Å². The van der Waals surface area contributed by atoms with Gasteiger partial charge in [-0.05, 0) is 64.4 Å². The van der Waals surface area contributed by atoms with Gasteiger partial charge in [-0.2, -0.15) is 13.2 Å². The highest BCUT2D eigenvalue weighted by Gasteiger charge is 2.49. The maximum Gasteiger partial charge on any atom is 0.416 e. The van der Waals surface area contributed by atoms with Gasteiger partial charge in [0, 0.05) is 24.3 Å². The summed E-state index contributed by atoms with van der Waals surface area (Å²) in [6.45, 7) is 7.86. The van der Waals surface area contributed by atoms with Gasteiger partial charge in [0.1, 0.15) is 6.61 Å². The van der Waals surface area contributed by atoms with Gasteiger partial charge in [-0.25, -0.2) is 0 Å². The molecule has 0 aromatic heterocycles. The first-order valence-corrected chi connectivity index (χ1v) is 16.7. The van der Waals surface area contributed by atoms with Gasteiger partial charge in [-0.1, -0.05) is 100 Å². The zero-order valence-corrected chi connectivity index (χ0v) is 29.0. The molecule has 4 rings (SSSR count). The molecule has 0 fully saturated rings. The molecule has 0 aliphatic rings. The predicted molar refractivity (Wildman–Crippen MR) is 190 cm³/mol. The first kappa shape index (κ1) is 38.4. The van der Waals surface area contributed by atoms with Gasteiger partial charge in [0.25, 0.3) is 5.91 Å². The minimum absolute atomic E-state index is 0.116. The minimum Gasteiger partial charge on any atom is -0.463 e. The molecule has 0 aliphatic carbocycles. The Morgan fingerprint density at radius 1 is 0.667 bits per heavy atom. The number of amides is 3. The van der Waals surface area contributed by atoms with Gasteiger partial charge in [-0.15, -0.1) is 0 Å². The summed E-state index contributed by atoms with van der Waals surface area (Å²) in [4.78, 5) is 53.9. The van der Waals surface area contributed by atoms with Crippen molar-refractivity contribution in [3.05, 3.63) is 125 Å². The average Bonchev–Trinajstić information content (AvgIpc) is 3.11. The summed E-state index contributed by atoms with van der Waals surface area (Å²) in [6.07, 6.45) is -4.64. The summed E-state index contributed by atoms with van der Waals surface area (Å²) in [5.74, 6) is -2.05. The fourth-order valence-electron chi connectivity index (χ4n) is 5.28. The Balaban J connectivity index is 1.47. The molecule has 0 atom stereocenters. The molecule has 0 aliphatic heterocycles. The SMILES string of the molecule is CC(C)CNC(=O)C(COC(=O)Cc1ccc(NC(=O)c2ccccc2-c2ccc(C(F)(F)F)cc2)cc1)(C(=O)NCC(C)C)c1ccccc1. The normalized spacial score (nSPS) is 11.6. The lowest BCUT2D eigenvalue weighted by Crippen LogP contribution is -2.58. The fraction of sp³-hybridized carbons (Fsp3) is 0.300. The largest absolute Gasteiger partial charge is 0.463 e. The second-order valence-corrected chi connectivity index (χ2v) is 13.1. The van der Waals surface area contributed by atoms with Gasteiger partial charge in [-0.3, -0.25) is 19.2 Å². The van der Waals surface area contributed by atoms with Crippen molar-refractivity contribution >= 4 is 29.4 Å². The first-order chi connectivity index (χ1) is 24.2. The molecule has 3 amide bonds. The molecule has 11 heteroatoms. The van der Waals surface area contributed by atoms with Crippen LogP contribution in [0.2, 0.25) is 0 Å². The van der Waals surface area contributed by atoms with Crippen molar-refractivity contribution < 1.29 is 37.1 Å². The van der Waals surface area contributed by atoms with Crippen LogP contribution in [0.25, 0.3) is 11.1 Å². The molecule has 4 aromatic carbocycles. The molecule has 0 unspecified atom stereocenters. The van der Waals surface area contributed by atoms with E-state index in [0.717, 1.165) is 12.1 Å². The van der Waals surface area contributed by atoms with Gasteiger partial charge in [0.2, 0.25) is 11.8 Å². The third-order valence-corrected chi connectivity index (χ3v) is 8.09. The van der Waals surface area contributed by atoms with Crippen LogP contribution in [0.5, 0.6) is 0 Å². The molecule has 4 aromatic rings. The average molecular weight is 702 g/mol. The lowest BCUT2D eigenvalue weighted by atomic mass is 9.78. The van der Waals surface area contributed by atoms with E-state index in [0.29, 0.717) is 41.0 Å². The third-order valence-electron chi connectivity index (χ3n) is 8.09. The number of hydrogen-bond donors (Lipinski definition) is 3. The standard InChI is InChI=1S/C40H42F3N3O5/c1-26(2)23-44-37(49)39(30-10-6-5-7-11-30,38(50)45-24-27(3)4)25-51-35(47)22-28-14-20-32(21-15-28)46-36(48)34-13-9-8-12-33(34)29-16-18-31(19-17-29)40(41,42)43/h5-21,26-27H,22-25H2,1-4H3,(H,44,49)(H,45,50)(H,46,48). The highest BCUT2D eigenvalue weighted by molar-refractivity contribution is 6.11. The van der Waals surface area contributed by atoms with E-state index in [4.69, 9.17) is 4.74 Å². The molecular weight excluding hydrogens is 659 g/mol. The number of benzene rings is 4. The van der Waals surface area contributed by atoms with E-state index < -0.39 is 47.5 Å². The number of alkyl halides is 3. The molecule has 0 saturated heterocycles. The number of halogens is 3. The van der Waals surface area contributed by atoms with Crippen LogP contribution in [-0.2, 0) is 37.1 Å². The Morgan fingerprint density at radius 3 is 1.76 bits per heavy atom. The number of carbonyl (C=O) groups excluding carboxylic acids is 4. The van der Waals surface area contributed by atoms with Crippen molar-refractivity contribution in [2.75, 3.05) is 25.0 Å². The van der Waals surface area contributed by atoms with Gasteiger partial charge >= 0.3 is 12.1 Å². The topological polar surface area (TPSA) is 114 Å². The van der Waals surface area contributed by atoms with Crippen LogP contribution in [0.4, 0.5) is 18.9 Å². The van der Waals surface area contributed by atoms with E-state index in [9.17, 15) is 32.3 Å². The summed E-state index contributed by atoms with van der Waals surface area (Å²) in [6, 6.07) is 26.2. The number of rotatable bonds is 14. The lowest BCUT2D eigenvalue weighted by Gasteiger charge is -2.32. The van der Waals surface area contributed by atoms with Crippen molar-refractivity contribution in [1.29, 1.82) is 0 Å². The predicted octanol–water partition coefficient (Wildman–Crippen LogP) is 7.19. The lowest BCUT2D eigenvalue weighted by molar-refractivity contribution is -0.150. The van der Waals surface area contributed by atoms with Crippen LogP contribution in [-0.4, -0.2) is 43.4 Å². The van der Waals surface area contributed by atoms with Crippen LogP contribution < -0.4 is 16.0 Å². The van der Waals surface area contributed by atoms with E-state index in [1.54, 1.807) is 78.9 Å². The molecular formula is C40H42F3N3O5. The Labute approximate surface area is 295 Å². The van der Waals surface area contributed by atoms with E-state index in [1.165, 1.54) is 12.1 Å². The van der Waals surface area contributed by atoms with Crippen molar-refractivity contribution in [3.63, 3.8) is 0 Å². The summed E-state index contributed by atoms with van der Waals surface area (Å²) in [7, 11) is 0. The zero-order chi connectivity index (χ0) is 37.2. The number of nitrogens with one attached hydrogen (secondary N) is 3. The molecule has 0 saturated carbocycles. The maximum atomic E-state index is 13.8. The summed E-state index contributed by atoms with van der Waals surface area (Å²) < 4.78 is 44.8. The van der Waals surface area contributed by atoms with E-state index in [-0.39, 0.29) is 23.8 Å². The zero-order valence-electron chi connectivity index (χ0n) is 29.0. The molecule has 268 valence electrons. The van der Waals surface area contributed by atoms with Gasteiger partial charge in [0.15, 0.2) is 5.41 Å². The fourth-order valence-corrected chi connectivity index (χ4v) is 5.28. The molecule has 8 nitrogen and oxygen atoms in total. The molecule has 0 spiro atoms. The molecule has 3 N–H and O–H groups in total. The number of carbonyl (C=O) groups is 4. The van der Waals surface area contributed by atoms with Crippen molar-refractivity contribution in [2.45, 2.75) is 45.7 Å². The van der Waals surface area contributed by atoms with Crippen molar-refractivity contribution in [2.24, 2.45) is 11.8 Å². The maximum absolute atomic E-state index is 13.8. The van der Waals surface area contributed by atoms with E-state index >= 15 is 0 Å². The highest BCUT2D eigenvalue weighted by Crippen LogP contribution is 2.32. The molecule has 0 bridgehead atoms. The van der Waals surface area contributed by atoms with E-state index in [2.05, 4.69) is 16.0 Å². The quantitative estimate of drug-likeness (QED) is 0.0952. The highest BCUT2D eigenvalue weighted by atomic mass is 19.4. The minimum atomic E-state index is -4.47. The summed E-state index contributed by atoms with van der Waals surface area (Å²) in [5, 5.41) is 8.49. The number of esters is 1. The van der Waals surface area contributed by atoms with Crippen LogP contribution in [0.15, 0.2) is 103 Å². The van der Waals surface area contributed by atoms with Crippen LogP contribution in [0, 0.1) is 11.8 Å². The van der Waals surface area contributed by atoms with Gasteiger partial charge in [0.05, 0.1) is 12.0 Å². The molecule has 0 radical (unpaired) electrons. The number of ether oxygens (including phenoxy) is 1. The summed E-state index contributed by atoms with van der Waals surface area (Å²) >= 11 is 0. The van der Waals surface area contributed by atoms with Crippen LogP contribution >= 0.6 is 0 Å². The van der Waals surface area contributed by atoms with E-state index in [1.807, 2.05) is 27.7 Å². The Morgan fingerprint density at radius 2 is 1.22 bits per heavy atom.